The molecule has 1 aliphatic rings. The van der Waals surface area contributed by atoms with E-state index in [0.717, 1.165) is 37.7 Å². The zero-order valence-corrected chi connectivity index (χ0v) is 11.3. The summed E-state index contributed by atoms with van der Waals surface area (Å²) < 4.78 is 39.2. The third kappa shape index (κ3) is 3.71. The van der Waals surface area contributed by atoms with Crippen LogP contribution in [0, 0.1) is 5.82 Å². The van der Waals surface area contributed by atoms with Gasteiger partial charge in [0.1, 0.15) is 10.7 Å². The molecule has 1 saturated carbocycles. The van der Waals surface area contributed by atoms with Crippen molar-refractivity contribution in [3.05, 3.63) is 24.3 Å². The minimum absolute atomic E-state index is 0.0498. The Labute approximate surface area is 111 Å². The molecule has 1 aromatic rings. The van der Waals surface area contributed by atoms with E-state index in [4.69, 9.17) is 0 Å². The van der Waals surface area contributed by atoms with Crippen molar-refractivity contribution in [2.24, 2.45) is 0 Å². The lowest BCUT2D eigenvalue weighted by Gasteiger charge is -2.31. The molecule has 1 aromatic heterocycles. The maximum atomic E-state index is 13.0. The summed E-state index contributed by atoms with van der Waals surface area (Å²) >= 11 is 0. The van der Waals surface area contributed by atoms with Crippen molar-refractivity contribution < 1.29 is 17.9 Å². The second-order valence-electron chi connectivity index (χ2n) is 4.95. The van der Waals surface area contributed by atoms with E-state index in [1.54, 1.807) is 0 Å². The van der Waals surface area contributed by atoms with Gasteiger partial charge in [0.15, 0.2) is 0 Å². The molecule has 7 heteroatoms. The van der Waals surface area contributed by atoms with Gasteiger partial charge in [0.05, 0.1) is 11.8 Å². The summed E-state index contributed by atoms with van der Waals surface area (Å²) in [5.74, 6) is -0.709. The molecule has 0 aliphatic heterocycles. The first-order valence-corrected chi connectivity index (χ1v) is 7.72. The molecule has 0 bridgehead atoms. The Kier molecular flexibility index (Phi) is 4.17. The zero-order valence-electron chi connectivity index (χ0n) is 10.5. The fourth-order valence-corrected chi connectivity index (χ4v) is 3.33. The van der Waals surface area contributed by atoms with Gasteiger partial charge in [-0.05, 0) is 18.9 Å². The maximum Gasteiger partial charge on any atom is 0.242 e. The van der Waals surface area contributed by atoms with Gasteiger partial charge in [-0.2, -0.15) is 0 Å². The highest BCUT2D eigenvalue weighted by atomic mass is 32.2. The molecule has 5 nitrogen and oxygen atoms in total. The molecule has 1 aliphatic carbocycles. The topological polar surface area (TPSA) is 79.3 Å². The predicted octanol–water partition coefficient (Wildman–Crippen LogP) is 1.19. The molecule has 2 N–H and O–H groups in total. The van der Waals surface area contributed by atoms with E-state index >= 15 is 0 Å². The Morgan fingerprint density at radius 1 is 1.32 bits per heavy atom. The number of halogens is 1. The van der Waals surface area contributed by atoms with Gasteiger partial charge in [0, 0.05) is 12.7 Å². The Hall–Kier alpha value is -1.05. The van der Waals surface area contributed by atoms with E-state index in [0.29, 0.717) is 12.8 Å². The highest BCUT2D eigenvalue weighted by Crippen LogP contribution is 2.27. The van der Waals surface area contributed by atoms with Gasteiger partial charge in [0.2, 0.25) is 10.0 Å². The molecule has 1 heterocycles. The lowest BCUT2D eigenvalue weighted by Crippen LogP contribution is -2.44. The van der Waals surface area contributed by atoms with E-state index in [1.807, 2.05) is 0 Å². The van der Waals surface area contributed by atoms with Gasteiger partial charge < -0.3 is 5.11 Å². The SMILES string of the molecule is O=S(=O)(NCC1(O)CCCCC1)c1cncc(F)c1. The van der Waals surface area contributed by atoms with Crippen molar-refractivity contribution >= 4 is 10.0 Å². The number of nitrogens with zero attached hydrogens (tertiary/aromatic N) is 1. The van der Waals surface area contributed by atoms with Crippen LogP contribution in [0.15, 0.2) is 23.4 Å². The Morgan fingerprint density at radius 2 is 2.00 bits per heavy atom. The summed E-state index contributed by atoms with van der Waals surface area (Å²) in [6.07, 6.45) is 6.01. The van der Waals surface area contributed by atoms with Crippen LogP contribution in [0.25, 0.3) is 0 Å². The highest BCUT2D eigenvalue weighted by Gasteiger charge is 2.31. The molecule has 1 fully saturated rings. The zero-order chi connectivity index (χ0) is 13.9. The van der Waals surface area contributed by atoms with Crippen molar-refractivity contribution in [1.82, 2.24) is 9.71 Å². The summed E-state index contributed by atoms with van der Waals surface area (Å²) in [6.45, 7) is -0.0498. The molecule has 0 amide bonds. The normalized spacial score (nSPS) is 19.3. The van der Waals surface area contributed by atoms with Crippen LogP contribution in [0.5, 0.6) is 0 Å². The smallest absolute Gasteiger partial charge is 0.242 e. The number of nitrogens with one attached hydrogen (secondary N) is 1. The van der Waals surface area contributed by atoms with Gasteiger partial charge in [-0.25, -0.2) is 17.5 Å². The van der Waals surface area contributed by atoms with Crippen LogP contribution >= 0.6 is 0 Å². The van der Waals surface area contributed by atoms with Crippen LogP contribution in [0.4, 0.5) is 4.39 Å². The molecule has 106 valence electrons. The second kappa shape index (κ2) is 5.52. The van der Waals surface area contributed by atoms with Crippen molar-refractivity contribution in [3.8, 4) is 0 Å². The van der Waals surface area contributed by atoms with Crippen LogP contribution < -0.4 is 4.72 Å². The molecular weight excluding hydrogens is 271 g/mol. The number of aromatic nitrogens is 1. The Morgan fingerprint density at radius 3 is 2.63 bits per heavy atom. The van der Waals surface area contributed by atoms with Gasteiger partial charge >= 0.3 is 0 Å². The fraction of sp³-hybridized carbons (Fsp3) is 0.583. The molecule has 0 radical (unpaired) electrons. The van der Waals surface area contributed by atoms with E-state index in [-0.39, 0.29) is 11.4 Å². The first-order valence-electron chi connectivity index (χ1n) is 6.24. The molecule has 19 heavy (non-hydrogen) atoms. The van der Waals surface area contributed by atoms with Crippen LogP contribution in [-0.4, -0.2) is 30.7 Å². The average molecular weight is 288 g/mol. The molecule has 0 saturated heterocycles. The van der Waals surface area contributed by atoms with E-state index in [9.17, 15) is 17.9 Å². The maximum absolute atomic E-state index is 13.0. The number of sulfonamides is 1. The standard InChI is InChI=1S/C12H17FN2O3S/c13-10-6-11(8-14-7-10)19(17,18)15-9-12(16)4-2-1-3-5-12/h6-8,15-16H,1-5,9H2. The van der Waals surface area contributed by atoms with E-state index < -0.39 is 21.4 Å². The van der Waals surface area contributed by atoms with Crippen LogP contribution in [-0.2, 0) is 10.0 Å². The number of rotatable bonds is 4. The summed E-state index contributed by atoms with van der Waals surface area (Å²) in [5.41, 5.74) is -0.994. The Bertz CT molecular complexity index is 542. The van der Waals surface area contributed by atoms with Crippen molar-refractivity contribution in [2.45, 2.75) is 42.6 Å². The molecular formula is C12H17FN2O3S. The molecule has 0 aromatic carbocycles. The molecule has 0 spiro atoms. The van der Waals surface area contributed by atoms with Crippen molar-refractivity contribution in [1.29, 1.82) is 0 Å². The van der Waals surface area contributed by atoms with Crippen LogP contribution in [0.1, 0.15) is 32.1 Å². The van der Waals surface area contributed by atoms with Gasteiger partial charge in [-0.3, -0.25) is 4.98 Å². The number of pyridine rings is 1. The monoisotopic (exact) mass is 288 g/mol. The van der Waals surface area contributed by atoms with Crippen molar-refractivity contribution in [2.75, 3.05) is 6.54 Å². The first-order chi connectivity index (χ1) is 8.91. The molecule has 0 atom stereocenters. The van der Waals surface area contributed by atoms with Crippen LogP contribution in [0.3, 0.4) is 0 Å². The number of hydrogen-bond donors (Lipinski definition) is 2. The van der Waals surface area contributed by atoms with E-state index in [2.05, 4.69) is 9.71 Å². The largest absolute Gasteiger partial charge is 0.389 e. The molecule has 0 unspecified atom stereocenters. The first kappa shape index (κ1) is 14.4. The van der Waals surface area contributed by atoms with Gasteiger partial charge in [-0.15, -0.1) is 0 Å². The lowest BCUT2D eigenvalue weighted by atomic mass is 9.85. The lowest BCUT2D eigenvalue weighted by molar-refractivity contribution is 0.00945. The fourth-order valence-electron chi connectivity index (χ4n) is 2.24. The Balaban J connectivity index is 2.05. The number of hydrogen-bond acceptors (Lipinski definition) is 4. The van der Waals surface area contributed by atoms with Gasteiger partial charge in [0.25, 0.3) is 0 Å². The second-order valence-corrected chi connectivity index (χ2v) is 6.72. The summed E-state index contributed by atoms with van der Waals surface area (Å²) in [7, 11) is -3.83. The van der Waals surface area contributed by atoms with Crippen molar-refractivity contribution in [3.63, 3.8) is 0 Å². The summed E-state index contributed by atoms with van der Waals surface area (Å²) in [4.78, 5) is 3.28. The third-order valence-corrected chi connectivity index (χ3v) is 4.73. The summed E-state index contributed by atoms with van der Waals surface area (Å²) in [5, 5.41) is 10.2. The highest BCUT2D eigenvalue weighted by molar-refractivity contribution is 7.89. The van der Waals surface area contributed by atoms with Crippen LogP contribution in [0.2, 0.25) is 0 Å². The molecule has 2 rings (SSSR count). The van der Waals surface area contributed by atoms with E-state index in [1.165, 1.54) is 0 Å². The minimum Gasteiger partial charge on any atom is -0.389 e. The minimum atomic E-state index is -3.83. The predicted molar refractivity (Wildman–Crippen MR) is 67.4 cm³/mol. The quantitative estimate of drug-likeness (QED) is 0.872. The average Bonchev–Trinajstić information content (AvgIpc) is 2.38. The van der Waals surface area contributed by atoms with Gasteiger partial charge in [-0.1, -0.05) is 19.3 Å². The number of aliphatic hydroxyl groups is 1. The summed E-state index contributed by atoms with van der Waals surface area (Å²) in [6, 6.07) is 0.903. The third-order valence-electron chi connectivity index (χ3n) is 3.37.